The Hall–Kier alpha value is -1.90. The monoisotopic (exact) mass is 227 g/mol. The highest BCUT2D eigenvalue weighted by Gasteiger charge is 2.05. The van der Waals surface area contributed by atoms with Crippen molar-refractivity contribution in [2.45, 2.75) is 13.8 Å². The molecule has 1 aromatic heterocycles. The number of rotatable bonds is 4. The van der Waals surface area contributed by atoms with E-state index in [1.807, 2.05) is 30.6 Å². The van der Waals surface area contributed by atoms with Crippen LogP contribution in [0.3, 0.4) is 0 Å². The Morgan fingerprint density at radius 3 is 2.00 bits per heavy atom. The maximum Gasteiger partial charge on any atom is 0.225 e. The fraction of sp³-hybridized carbons (Fsp3) is 0.286. The van der Waals surface area contributed by atoms with E-state index in [1.54, 1.807) is 0 Å². The van der Waals surface area contributed by atoms with Crippen LogP contribution in [0.1, 0.15) is 13.8 Å². The topological polar surface area (TPSA) is 29.0 Å². The molecule has 0 saturated carbocycles. The lowest BCUT2D eigenvalue weighted by atomic mass is 10.1. The second kappa shape index (κ2) is 5.43. The van der Waals surface area contributed by atoms with Crippen LogP contribution in [0.5, 0.6) is 0 Å². The molecule has 0 aliphatic carbocycles. The Labute approximate surface area is 102 Å². The zero-order chi connectivity index (χ0) is 12.1. The smallest absolute Gasteiger partial charge is 0.225 e. The number of aromatic nitrogens is 2. The van der Waals surface area contributed by atoms with Gasteiger partial charge in [0.1, 0.15) is 0 Å². The number of hydrogen-bond donors (Lipinski definition) is 0. The molecule has 1 aromatic carbocycles. The van der Waals surface area contributed by atoms with Crippen molar-refractivity contribution in [3.8, 4) is 11.1 Å². The van der Waals surface area contributed by atoms with Crippen molar-refractivity contribution in [1.82, 2.24) is 9.97 Å². The Bertz CT molecular complexity index is 447. The van der Waals surface area contributed by atoms with Crippen LogP contribution in [0.15, 0.2) is 42.7 Å². The highest BCUT2D eigenvalue weighted by molar-refractivity contribution is 5.61. The molecule has 2 aromatic rings. The van der Waals surface area contributed by atoms with Crippen LogP contribution >= 0.6 is 0 Å². The molecular formula is C14H17N3. The summed E-state index contributed by atoms with van der Waals surface area (Å²) in [5.74, 6) is 0.801. The summed E-state index contributed by atoms with van der Waals surface area (Å²) in [6.45, 7) is 6.08. The molecule has 0 aliphatic rings. The van der Waals surface area contributed by atoms with E-state index in [0.717, 1.165) is 30.2 Å². The summed E-state index contributed by atoms with van der Waals surface area (Å²) in [4.78, 5) is 11.0. The summed E-state index contributed by atoms with van der Waals surface area (Å²) in [6, 6.07) is 10.2. The predicted molar refractivity (Wildman–Crippen MR) is 71.0 cm³/mol. The Kier molecular flexibility index (Phi) is 3.70. The van der Waals surface area contributed by atoms with Gasteiger partial charge in [-0.1, -0.05) is 30.3 Å². The summed E-state index contributed by atoms with van der Waals surface area (Å²) in [7, 11) is 0. The van der Waals surface area contributed by atoms with Crippen molar-refractivity contribution in [2.75, 3.05) is 18.0 Å². The fourth-order valence-corrected chi connectivity index (χ4v) is 1.77. The van der Waals surface area contributed by atoms with Crippen molar-refractivity contribution in [1.29, 1.82) is 0 Å². The highest BCUT2D eigenvalue weighted by Crippen LogP contribution is 2.18. The van der Waals surface area contributed by atoms with Crippen molar-refractivity contribution in [3.05, 3.63) is 42.7 Å². The molecule has 3 heteroatoms. The number of anilines is 1. The molecule has 0 saturated heterocycles. The largest absolute Gasteiger partial charge is 0.341 e. The van der Waals surface area contributed by atoms with Gasteiger partial charge in [0.05, 0.1) is 0 Å². The first-order chi connectivity index (χ1) is 8.35. The quantitative estimate of drug-likeness (QED) is 0.804. The molecule has 0 N–H and O–H groups in total. The van der Waals surface area contributed by atoms with Crippen molar-refractivity contribution < 1.29 is 0 Å². The van der Waals surface area contributed by atoms with Gasteiger partial charge in [0.2, 0.25) is 5.95 Å². The number of benzene rings is 1. The van der Waals surface area contributed by atoms with E-state index in [0.29, 0.717) is 0 Å². The van der Waals surface area contributed by atoms with E-state index in [4.69, 9.17) is 0 Å². The fourth-order valence-electron chi connectivity index (χ4n) is 1.77. The van der Waals surface area contributed by atoms with Gasteiger partial charge in [0, 0.05) is 31.0 Å². The van der Waals surface area contributed by atoms with E-state index in [2.05, 4.69) is 40.8 Å². The zero-order valence-corrected chi connectivity index (χ0v) is 10.3. The van der Waals surface area contributed by atoms with Crippen LogP contribution in [0, 0.1) is 0 Å². The molecule has 0 radical (unpaired) electrons. The van der Waals surface area contributed by atoms with Crippen LogP contribution in [-0.4, -0.2) is 23.1 Å². The van der Waals surface area contributed by atoms with Gasteiger partial charge in [0.15, 0.2) is 0 Å². The van der Waals surface area contributed by atoms with Gasteiger partial charge in [-0.05, 0) is 19.4 Å². The summed E-state index contributed by atoms with van der Waals surface area (Å²) >= 11 is 0. The molecule has 0 atom stereocenters. The molecule has 0 bridgehead atoms. The van der Waals surface area contributed by atoms with E-state index in [9.17, 15) is 0 Å². The third kappa shape index (κ3) is 2.61. The van der Waals surface area contributed by atoms with Crippen LogP contribution in [0.2, 0.25) is 0 Å². The molecule has 2 rings (SSSR count). The lowest BCUT2D eigenvalue weighted by Crippen LogP contribution is -2.23. The number of nitrogens with zero attached hydrogens (tertiary/aromatic N) is 3. The molecule has 3 nitrogen and oxygen atoms in total. The van der Waals surface area contributed by atoms with Crippen molar-refractivity contribution in [3.63, 3.8) is 0 Å². The van der Waals surface area contributed by atoms with Gasteiger partial charge in [-0.3, -0.25) is 0 Å². The van der Waals surface area contributed by atoms with Gasteiger partial charge in [-0.15, -0.1) is 0 Å². The molecule has 0 spiro atoms. The molecule has 17 heavy (non-hydrogen) atoms. The first-order valence-corrected chi connectivity index (χ1v) is 5.97. The second-order valence-electron chi connectivity index (χ2n) is 3.81. The second-order valence-corrected chi connectivity index (χ2v) is 3.81. The van der Waals surface area contributed by atoms with E-state index in [-0.39, 0.29) is 0 Å². The average Bonchev–Trinajstić information content (AvgIpc) is 2.42. The predicted octanol–water partition coefficient (Wildman–Crippen LogP) is 2.99. The first-order valence-electron chi connectivity index (χ1n) is 5.97. The summed E-state index contributed by atoms with van der Waals surface area (Å²) in [5.41, 5.74) is 2.21. The summed E-state index contributed by atoms with van der Waals surface area (Å²) in [6.07, 6.45) is 3.77. The molecule has 88 valence electrons. The minimum atomic E-state index is 0.801. The first kappa shape index (κ1) is 11.6. The number of hydrogen-bond acceptors (Lipinski definition) is 3. The maximum absolute atomic E-state index is 4.41. The molecular weight excluding hydrogens is 210 g/mol. The SMILES string of the molecule is CCN(CC)c1ncc(-c2ccccc2)cn1. The van der Waals surface area contributed by atoms with Gasteiger partial charge in [-0.2, -0.15) is 0 Å². The van der Waals surface area contributed by atoms with Gasteiger partial charge in [-0.25, -0.2) is 9.97 Å². The summed E-state index contributed by atoms with van der Waals surface area (Å²) < 4.78 is 0. The third-order valence-electron chi connectivity index (χ3n) is 2.79. The van der Waals surface area contributed by atoms with Crippen molar-refractivity contribution >= 4 is 5.95 Å². The molecule has 0 fully saturated rings. The van der Waals surface area contributed by atoms with Gasteiger partial charge in [0.25, 0.3) is 0 Å². The minimum Gasteiger partial charge on any atom is -0.341 e. The van der Waals surface area contributed by atoms with Gasteiger partial charge >= 0.3 is 0 Å². The normalized spacial score (nSPS) is 10.2. The van der Waals surface area contributed by atoms with Crippen LogP contribution in [0.25, 0.3) is 11.1 Å². The van der Waals surface area contributed by atoms with Crippen LogP contribution in [0.4, 0.5) is 5.95 Å². The highest BCUT2D eigenvalue weighted by atomic mass is 15.2. The molecule has 0 amide bonds. The molecule has 0 aliphatic heterocycles. The molecule has 1 heterocycles. The maximum atomic E-state index is 4.41. The van der Waals surface area contributed by atoms with Crippen LogP contribution < -0.4 is 4.90 Å². The van der Waals surface area contributed by atoms with Crippen molar-refractivity contribution in [2.24, 2.45) is 0 Å². The zero-order valence-electron chi connectivity index (χ0n) is 10.3. The van der Waals surface area contributed by atoms with E-state index < -0.39 is 0 Å². The summed E-state index contributed by atoms with van der Waals surface area (Å²) in [5, 5.41) is 0. The lowest BCUT2D eigenvalue weighted by Gasteiger charge is -2.18. The van der Waals surface area contributed by atoms with E-state index >= 15 is 0 Å². The third-order valence-corrected chi connectivity index (χ3v) is 2.79. The Morgan fingerprint density at radius 1 is 0.882 bits per heavy atom. The van der Waals surface area contributed by atoms with E-state index in [1.165, 1.54) is 0 Å². The Morgan fingerprint density at radius 2 is 1.47 bits per heavy atom. The van der Waals surface area contributed by atoms with Gasteiger partial charge < -0.3 is 4.90 Å². The lowest BCUT2D eigenvalue weighted by molar-refractivity contribution is 0.821. The average molecular weight is 227 g/mol. The standard InChI is InChI=1S/C14H17N3/c1-3-17(4-2)14-15-10-13(11-16-14)12-8-6-5-7-9-12/h5-11H,3-4H2,1-2H3. The molecule has 0 unspecified atom stereocenters. The van der Waals surface area contributed by atoms with Crippen LogP contribution in [-0.2, 0) is 0 Å². The minimum absolute atomic E-state index is 0.801. The Balaban J connectivity index is 2.24.